The van der Waals surface area contributed by atoms with E-state index in [2.05, 4.69) is 4.98 Å². The number of hydrogen-bond acceptors (Lipinski definition) is 6. The highest BCUT2D eigenvalue weighted by molar-refractivity contribution is 6.02. The molecule has 0 unspecified atom stereocenters. The molecule has 8 heteroatoms. The van der Waals surface area contributed by atoms with E-state index in [4.69, 9.17) is 9.57 Å². The third kappa shape index (κ3) is 4.23. The molecule has 1 saturated heterocycles. The fourth-order valence-corrected chi connectivity index (χ4v) is 2.34. The van der Waals surface area contributed by atoms with Gasteiger partial charge in [0.25, 0.3) is 11.8 Å². The maximum atomic E-state index is 12.0. The third-order valence-electron chi connectivity index (χ3n) is 3.66. The van der Waals surface area contributed by atoms with E-state index in [0.29, 0.717) is 17.4 Å². The van der Waals surface area contributed by atoms with Crippen LogP contribution in [0.1, 0.15) is 29.6 Å². The van der Waals surface area contributed by atoms with Gasteiger partial charge in [-0.2, -0.15) is 0 Å². The molecule has 2 aromatic rings. The summed E-state index contributed by atoms with van der Waals surface area (Å²) >= 11 is 0. The summed E-state index contributed by atoms with van der Waals surface area (Å²) in [5, 5.41) is 0.531. The van der Waals surface area contributed by atoms with Gasteiger partial charge in [-0.3, -0.25) is 9.59 Å². The zero-order chi connectivity index (χ0) is 17.6. The number of aryl methyl sites for hydroxylation is 1. The average Bonchev–Trinajstić information content (AvgIpc) is 3.24. The highest BCUT2D eigenvalue weighted by Crippen LogP contribution is 2.17. The molecule has 1 fully saturated rings. The Hall–Kier alpha value is -3.16. The minimum atomic E-state index is -0.754. The molecule has 1 aromatic carbocycles. The van der Waals surface area contributed by atoms with Gasteiger partial charge in [0.05, 0.1) is 18.5 Å². The molecular weight excluding hydrogens is 326 g/mol. The summed E-state index contributed by atoms with van der Waals surface area (Å²) in [6.07, 6.45) is 6.31. The molecule has 1 aliphatic heterocycles. The lowest BCUT2D eigenvalue weighted by Gasteiger charge is -2.12. The Bertz CT molecular complexity index is 739. The highest BCUT2D eigenvalue weighted by atomic mass is 16.7. The number of amides is 2. The summed E-state index contributed by atoms with van der Waals surface area (Å²) < 4.78 is 7.56. The van der Waals surface area contributed by atoms with Crippen molar-refractivity contribution in [1.82, 2.24) is 14.6 Å². The number of hydrogen-bond donors (Lipinski definition) is 0. The van der Waals surface area contributed by atoms with Gasteiger partial charge < -0.3 is 14.1 Å². The van der Waals surface area contributed by atoms with Crippen LogP contribution in [0.2, 0.25) is 0 Å². The van der Waals surface area contributed by atoms with E-state index in [0.717, 1.165) is 13.0 Å². The number of rotatable bonds is 7. The van der Waals surface area contributed by atoms with Crippen LogP contribution < -0.4 is 4.74 Å². The summed E-state index contributed by atoms with van der Waals surface area (Å²) in [7, 11) is 0. The lowest BCUT2D eigenvalue weighted by molar-refractivity contribution is -0.172. The number of imidazole rings is 1. The summed E-state index contributed by atoms with van der Waals surface area (Å²) in [6.45, 7) is 1.33. The van der Waals surface area contributed by atoms with Gasteiger partial charge in [-0.1, -0.05) is 0 Å². The van der Waals surface area contributed by atoms with E-state index in [1.54, 1.807) is 24.7 Å². The average molecular weight is 343 g/mol. The molecule has 0 bridgehead atoms. The molecule has 1 aromatic heterocycles. The van der Waals surface area contributed by atoms with Crippen molar-refractivity contribution in [3.8, 4) is 5.75 Å². The second-order valence-corrected chi connectivity index (χ2v) is 5.49. The number of benzene rings is 1. The van der Waals surface area contributed by atoms with Crippen LogP contribution in [0.25, 0.3) is 0 Å². The molecule has 0 saturated carbocycles. The first-order chi connectivity index (χ1) is 12.1. The Labute approximate surface area is 143 Å². The molecule has 25 heavy (non-hydrogen) atoms. The molecule has 0 radical (unpaired) electrons. The minimum Gasteiger partial charge on any atom is -0.494 e. The van der Waals surface area contributed by atoms with Crippen molar-refractivity contribution in [2.45, 2.75) is 25.8 Å². The van der Waals surface area contributed by atoms with Crippen molar-refractivity contribution < 1.29 is 24.0 Å². The number of carbonyl (C=O) groups excluding carboxylic acids is 3. The Morgan fingerprint density at radius 1 is 1.12 bits per heavy atom. The van der Waals surface area contributed by atoms with Crippen molar-refractivity contribution in [1.29, 1.82) is 0 Å². The monoisotopic (exact) mass is 343 g/mol. The second kappa shape index (κ2) is 7.61. The minimum absolute atomic E-state index is 0.0674. The first-order valence-electron chi connectivity index (χ1n) is 7.90. The number of hydroxylamine groups is 2. The molecular formula is C17H17N3O5. The van der Waals surface area contributed by atoms with E-state index in [1.165, 1.54) is 12.1 Å². The molecule has 1 aliphatic rings. The summed E-state index contributed by atoms with van der Waals surface area (Å²) in [6, 6.07) is 6.33. The number of carbonyl (C=O) groups is 3. The van der Waals surface area contributed by atoms with Gasteiger partial charge in [0, 0.05) is 31.8 Å². The van der Waals surface area contributed by atoms with Crippen molar-refractivity contribution in [2.75, 3.05) is 6.61 Å². The third-order valence-corrected chi connectivity index (χ3v) is 3.66. The predicted octanol–water partition coefficient (Wildman–Crippen LogP) is 1.57. The van der Waals surface area contributed by atoms with Crippen molar-refractivity contribution in [3.63, 3.8) is 0 Å². The lowest BCUT2D eigenvalue weighted by Crippen LogP contribution is -2.32. The van der Waals surface area contributed by atoms with Gasteiger partial charge in [-0.15, -0.1) is 5.06 Å². The van der Waals surface area contributed by atoms with Crippen LogP contribution in [-0.2, 0) is 21.0 Å². The van der Waals surface area contributed by atoms with Crippen LogP contribution in [0.4, 0.5) is 0 Å². The summed E-state index contributed by atoms with van der Waals surface area (Å²) in [4.78, 5) is 43.7. The molecule has 0 N–H and O–H groups in total. The van der Waals surface area contributed by atoms with Crippen LogP contribution in [0, 0.1) is 0 Å². The van der Waals surface area contributed by atoms with E-state index in [9.17, 15) is 14.4 Å². The second-order valence-electron chi connectivity index (χ2n) is 5.49. The van der Waals surface area contributed by atoms with Gasteiger partial charge in [0.2, 0.25) is 0 Å². The van der Waals surface area contributed by atoms with Gasteiger partial charge >= 0.3 is 5.97 Å². The van der Waals surface area contributed by atoms with Gasteiger partial charge in [0.1, 0.15) is 5.75 Å². The van der Waals surface area contributed by atoms with Crippen molar-refractivity contribution in [3.05, 3.63) is 48.5 Å². The van der Waals surface area contributed by atoms with Crippen molar-refractivity contribution in [2.24, 2.45) is 0 Å². The number of nitrogens with zero attached hydrogens (tertiary/aromatic N) is 3. The van der Waals surface area contributed by atoms with Crippen LogP contribution in [0.15, 0.2) is 43.0 Å². The topological polar surface area (TPSA) is 90.7 Å². The number of ether oxygens (including phenoxy) is 1. The Morgan fingerprint density at radius 2 is 1.84 bits per heavy atom. The predicted molar refractivity (Wildman–Crippen MR) is 85.3 cm³/mol. The van der Waals surface area contributed by atoms with Crippen LogP contribution >= 0.6 is 0 Å². The van der Waals surface area contributed by atoms with Gasteiger partial charge in [-0.25, -0.2) is 9.78 Å². The van der Waals surface area contributed by atoms with Crippen LogP contribution in [-0.4, -0.2) is 39.0 Å². The SMILES string of the molecule is O=C(ON1C(=O)CCC1=O)c1ccc(OCCCn2ccnc2)cc1. The molecule has 130 valence electrons. The van der Waals surface area contributed by atoms with Crippen LogP contribution in [0.3, 0.4) is 0 Å². The molecule has 8 nitrogen and oxygen atoms in total. The molecule has 0 aliphatic carbocycles. The molecule has 0 spiro atoms. The van der Waals surface area contributed by atoms with Gasteiger partial charge in [-0.05, 0) is 30.7 Å². The van der Waals surface area contributed by atoms with E-state index >= 15 is 0 Å². The summed E-state index contributed by atoms with van der Waals surface area (Å²) in [5.74, 6) is -1.14. The first kappa shape index (κ1) is 16.7. The quantitative estimate of drug-likeness (QED) is 0.560. The van der Waals surface area contributed by atoms with E-state index < -0.39 is 17.8 Å². The smallest absolute Gasteiger partial charge is 0.363 e. The molecule has 0 atom stereocenters. The van der Waals surface area contributed by atoms with Crippen molar-refractivity contribution >= 4 is 17.8 Å². The van der Waals surface area contributed by atoms with Gasteiger partial charge in [0.15, 0.2) is 0 Å². The first-order valence-corrected chi connectivity index (χ1v) is 7.90. The number of aromatic nitrogens is 2. The van der Waals surface area contributed by atoms with E-state index in [1.807, 2.05) is 10.8 Å². The lowest BCUT2D eigenvalue weighted by atomic mass is 10.2. The summed E-state index contributed by atoms with van der Waals surface area (Å²) in [5.41, 5.74) is 0.235. The molecule has 3 rings (SSSR count). The van der Waals surface area contributed by atoms with Crippen LogP contribution in [0.5, 0.6) is 5.75 Å². The molecule has 2 heterocycles. The largest absolute Gasteiger partial charge is 0.494 e. The molecule has 2 amide bonds. The standard InChI is InChI=1S/C17H17N3O5/c21-15-6-7-16(22)20(15)25-17(23)13-2-4-14(5-3-13)24-11-1-9-19-10-8-18-12-19/h2-5,8,10,12H,1,6-7,9,11H2. The fourth-order valence-electron chi connectivity index (χ4n) is 2.34. The Balaban J connectivity index is 1.47. The number of imide groups is 1. The zero-order valence-electron chi connectivity index (χ0n) is 13.5. The maximum absolute atomic E-state index is 12.0. The highest BCUT2D eigenvalue weighted by Gasteiger charge is 2.33. The fraction of sp³-hybridized carbons (Fsp3) is 0.294. The Kier molecular flexibility index (Phi) is 5.08. The normalized spacial score (nSPS) is 14.0. The zero-order valence-corrected chi connectivity index (χ0v) is 13.5. The van der Waals surface area contributed by atoms with E-state index in [-0.39, 0.29) is 18.4 Å². The maximum Gasteiger partial charge on any atom is 0.363 e. The Morgan fingerprint density at radius 3 is 2.48 bits per heavy atom.